The molecule has 12 heavy (non-hydrogen) atoms. The highest BCUT2D eigenvalue weighted by Crippen LogP contribution is 2.09. The highest BCUT2D eigenvalue weighted by atomic mass is 35.5. The number of carbonyl (C=O) groups is 2. The van der Waals surface area contributed by atoms with Gasteiger partial charge in [-0.3, -0.25) is 4.79 Å². The van der Waals surface area contributed by atoms with Crippen LogP contribution in [0, 0.1) is 0 Å². The van der Waals surface area contributed by atoms with Crippen molar-refractivity contribution in [1.29, 1.82) is 0 Å². The first-order valence-corrected chi connectivity index (χ1v) is 3.88. The van der Waals surface area contributed by atoms with E-state index in [1.165, 1.54) is 7.11 Å². The Morgan fingerprint density at radius 1 is 1.42 bits per heavy atom. The minimum absolute atomic E-state index is 0.137. The van der Waals surface area contributed by atoms with Gasteiger partial charge in [-0.05, 0) is 11.6 Å². The number of ether oxygens (including phenoxy) is 1. The number of carbonyl (C=O) groups excluding carboxylic acids is 2. The summed E-state index contributed by atoms with van der Waals surface area (Å²) in [5, 5.41) is -0.816. The molecule has 64 valence electrons. The lowest BCUT2D eigenvalue weighted by molar-refractivity contribution is 0.0592. The molecule has 0 N–H and O–H groups in total. The molecule has 0 spiro atoms. The van der Waals surface area contributed by atoms with Gasteiger partial charge in [-0.1, -0.05) is 0 Å². The van der Waals surface area contributed by atoms with Crippen molar-refractivity contribution in [2.75, 3.05) is 7.11 Å². The lowest BCUT2D eigenvalue weighted by Gasteiger charge is -1.92. The Bertz CT molecular complexity index is 324. The summed E-state index contributed by atoms with van der Waals surface area (Å²) in [6, 6.07) is 0. The molecule has 5 nitrogen and oxygen atoms in total. The van der Waals surface area contributed by atoms with Crippen LogP contribution in [0.25, 0.3) is 0 Å². The summed E-state index contributed by atoms with van der Waals surface area (Å²) < 4.78 is 11.4. The van der Waals surface area contributed by atoms with E-state index < -0.39 is 11.2 Å². The zero-order valence-corrected chi connectivity index (χ0v) is 7.48. The Morgan fingerprint density at radius 3 is 2.50 bits per heavy atom. The van der Waals surface area contributed by atoms with Crippen LogP contribution in [-0.2, 0) is 4.74 Å². The number of aromatic nitrogens is 2. The third kappa shape index (κ3) is 1.59. The zero-order valence-electron chi connectivity index (χ0n) is 5.91. The normalized spacial score (nSPS) is 9.50. The first kappa shape index (κ1) is 9.08. The van der Waals surface area contributed by atoms with Crippen molar-refractivity contribution in [1.82, 2.24) is 8.75 Å². The molecule has 0 saturated heterocycles. The molecule has 7 heteroatoms. The standard InChI is InChI=1S/C5H3ClN2O3S/c1-11-5(10)3-2(4(6)9)7-12-8-3/h1H3. The molecular formula is C5H3ClN2O3S. The predicted molar refractivity (Wildman–Crippen MR) is 41.4 cm³/mol. The van der Waals surface area contributed by atoms with E-state index in [1.54, 1.807) is 0 Å². The molecule has 0 aliphatic heterocycles. The van der Waals surface area contributed by atoms with Crippen molar-refractivity contribution in [3.05, 3.63) is 11.4 Å². The van der Waals surface area contributed by atoms with Crippen LogP contribution in [0.2, 0.25) is 0 Å². The number of rotatable bonds is 2. The van der Waals surface area contributed by atoms with Gasteiger partial charge in [0, 0.05) is 0 Å². The molecule has 0 aromatic carbocycles. The Labute approximate surface area is 76.6 Å². The van der Waals surface area contributed by atoms with Crippen molar-refractivity contribution in [2.24, 2.45) is 0 Å². The Balaban J connectivity index is 3.07. The summed E-state index contributed by atoms with van der Waals surface area (Å²) in [5.41, 5.74) is -0.295. The number of methoxy groups -OCH3 is 1. The maximum absolute atomic E-state index is 10.9. The highest BCUT2D eigenvalue weighted by molar-refractivity contribution is 6.99. The maximum atomic E-state index is 10.9. The van der Waals surface area contributed by atoms with E-state index in [9.17, 15) is 9.59 Å². The summed E-state index contributed by atoms with van der Waals surface area (Å²) >= 11 is 5.84. The highest BCUT2D eigenvalue weighted by Gasteiger charge is 2.21. The molecule has 0 atom stereocenters. The number of hydrogen-bond donors (Lipinski definition) is 0. The van der Waals surface area contributed by atoms with Crippen molar-refractivity contribution >= 4 is 34.5 Å². The van der Waals surface area contributed by atoms with Crippen molar-refractivity contribution < 1.29 is 14.3 Å². The summed E-state index contributed by atoms with van der Waals surface area (Å²) in [4.78, 5) is 21.5. The number of halogens is 1. The largest absolute Gasteiger partial charge is 0.464 e. The van der Waals surface area contributed by atoms with E-state index >= 15 is 0 Å². The van der Waals surface area contributed by atoms with Crippen molar-refractivity contribution in [3.63, 3.8) is 0 Å². The third-order valence-electron chi connectivity index (χ3n) is 1.05. The van der Waals surface area contributed by atoms with Crippen LogP contribution in [0.15, 0.2) is 0 Å². The molecule has 1 rings (SSSR count). The average molecular weight is 207 g/mol. The molecule has 0 aliphatic carbocycles. The second-order valence-electron chi connectivity index (χ2n) is 1.73. The van der Waals surface area contributed by atoms with E-state index in [0.717, 1.165) is 11.7 Å². The molecule has 0 saturated carbocycles. The fraction of sp³-hybridized carbons (Fsp3) is 0.200. The quantitative estimate of drug-likeness (QED) is 0.526. The molecule has 0 bridgehead atoms. The molecule has 1 aromatic heterocycles. The fourth-order valence-corrected chi connectivity index (χ4v) is 1.26. The molecular weight excluding hydrogens is 204 g/mol. The Kier molecular flexibility index (Phi) is 2.72. The van der Waals surface area contributed by atoms with Crippen LogP contribution in [0.3, 0.4) is 0 Å². The van der Waals surface area contributed by atoms with Gasteiger partial charge in [0.25, 0.3) is 5.24 Å². The van der Waals surface area contributed by atoms with Crippen molar-refractivity contribution in [2.45, 2.75) is 0 Å². The second kappa shape index (κ2) is 3.59. The van der Waals surface area contributed by atoms with Crippen LogP contribution < -0.4 is 0 Å². The number of esters is 1. The van der Waals surface area contributed by atoms with E-state index in [0.29, 0.717) is 0 Å². The molecule has 0 radical (unpaired) electrons. The molecule has 0 unspecified atom stereocenters. The van der Waals surface area contributed by atoms with Crippen LogP contribution in [0.1, 0.15) is 21.0 Å². The monoisotopic (exact) mass is 206 g/mol. The lowest BCUT2D eigenvalue weighted by Crippen LogP contribution is -2.07. The number of hydrogen-bond acceptors (Lipinski definition) is 6. The summed E-state index contributed by atoms with van der Waals surface area (Å²) in [6.07, 6.45) is 0. The zero-order chi connectivity index (χ0) is 9.14. The van der Waals surface area contributed by atoms with E-state index in [2.05, 4.69) is 13.5 Å². The number of nitrogens with zero attached hydrogens (tertiary/aromatic N) is 2. The van der Waals surface area contributed by atoms with E-state index in [4.69, 9.17) is 11.6 Å². The van der Waals surface area contributed by atoms with Gasteiger partial charge in [0.05, 0.1) is 18.8 Å². The van der Waals surface area contributed by atoms with Crippen molar-refractivity contribution in [3.8, 4) is 0 Å². The van der Waals surface area contributed by atoms with Gasteiger partial charge in [-0.2, -0.15) is 8.75 Å². The molecule has 0 aliphatic rings. The van der Waals surface area contributed by atoms with Gasteiger partial charge in [-0.25, -0.2) is 4.79 Å². The van der Waals surface area contributed by atoms with Gasteiger partial charge < -0.3 is 4.74 Å². The first-order valence-electron chi connectivity index (χ1n) is 2.77. The summed E-state index contributed by atoms with van der Waals surface area (Å²) in [6.45, 7) is 0. The summed E-state index contributed by atoms with van der Waals surface area (Å²) in [5.74, 6) is -0.715. The predicted octanol–water partition coefficient (Wildman–Crippen LogP) is 0.704. The van der Waals surface area contributed by atoms with Gasteiger partial charge in [-0.15, -0.1) is 0 Å². The van der Waals surface area contributed by atoms with Crippen LogP contribution in [0.5, 0.6) is 0 Å². The van der Waals surface area contributed by atoms with Crippen LogP contribution in [-0.4, -0.2) is 27.1 Å². The molecule has 1 heterocycles. The smallest absolute Gasteiger partial charge is 0.360 e. The molecule has 1 aromatic rings. The lowest BCUT2D eigenvalue weighted by atomic mass is 10.3. The van der Waals surface area contributed by atoms with Gasteiger partial charge >= 0.3 is 5.97 Å². The molecule has 0 fully saturated rings. The fourth-order valence-electron chi connectivity index (χ4n) is 0.548. The van der Waals surface area contributed by atoms with E-state index in [-0.39, 0.29) is 11.4 Å². The topological polar surface area (TPSA) is 69.2 Å². The van der Waals surface area contributed by atoms with Gasteiger partial charge in [0.15, 0.2) is 11.4 Å². The maximum Gasteiger partial charge on any atom is 0.360 e. The molecule has 0 amide bonds. The minimum atomic E-state index is -0.816. The Morgan fingerprint density at radius 2 is 2.00 bits per heavy atom. The van der Waals surface area contributed by atoms with Gasteiger partial charge in [0.1, 0.15) is 0 Å². The average Bonchev–Trinajstić information content (AvgIpc) is 2.50. The second-order valence-corrected chi connectivity index (χ2v) is 2.60. The SMILES string of the molecule is COC(=O)c1nsnc1C(=O)Cl. The third-order valence-corrected chi connectivity index (χ3v) is 1.76. The van der Waals surface area contributed by atoms with Crippen LogP contribution in [0.4, 0.5) is 0 Å². The first-order chi connectivity index (χ1) is 5.66. The summed E-state index contributed by atoms with van der Waals surface area (Å²) in [7, 11) is 1.18. The Hall–Kier alpha value is -1.01. The van der Waals surface area contributed by atoms with Gasteiger partial charge in [0.2, 0.25) is 0 Å². The van der Waals surface area contributed by atoms with Crippen LogP contribution >= 0.6 is 23.3 Å². The van der Waals surface area contributed by atoms with E-state index in [1.807, 2.05) is 0 Å². The minimum Gasteiger partial charge on any atom is -0.464 e.